The summed E-state index contributed by atoms with van der Waals surface area (Å²) in [5, 5.41) is 12.2. The summed E-state index contributed by atoms with van der Waals surface area (Å²) in [5.74, 6) is 0.331. The fourth-order valence-corrected chi connectivity index (χ4v) is 4.40. The quantitative estimate of drug-likeness (QED) is 0.658. The van der Waals surface area contributed by atoms with Gasteiger partial charge in [0.15, 0.2) is 0 Å². The van der Waals surface area contributed by atoms with Gasteiger partial charge in [-0.05, 0) is 63.7 Å². The average molecular weight is 419 g/mol. The van der Waals surface area contributed by atoms with Crippen molar-refractivity contribution in [2.45, 2.75) is 45.1 Å². The van der Waals surface area contributed by atoms with Crippen LogP contribution in [0.5, 0.6) is 0 Å². The van der Waals surface area contributed by atoms with E-state index >= 15 is 0 Å². The number of likely N-dealkylation sites (tertiary alicyclic amines) is 1. The number of hydrogen-bond donors (Lipinski definition) is 1. The zero-order chi connectivity index (χ0) is 21.8. The molecule has 31 heavy (non-hydrogen) atoms. The molecule has 1 fully saturated rings. The van der Waals surface area contributed by atoms with Crippen LogP contribution in [0.4, 0.5) is 0 Å². The highest BCUT2D eigenvalue weighted by atomic mass is 16.3. The zero-order valence-electron chi connectivity index (χ0n) is 18.3. The Morgan fingerprint density at radius 1 is 1.10 bits per heavy atom. The van der Waals surface area contributed by atoms with Crippen LogP contribution in [0, 0.1) is 5.92 Å². The van der Waals surface area contributed by atoms with Gasteiger partial charge in [0, 0.05) is 54.1 Å². The lowest BCUT2D eigenvalue weighted by atomic mass is 9.92. The van der Waals surface area contributed by atoms with Gasteiger partial charge in [0.1, 0.15) is 5.78 Å². The van der Waals surface area contributed by atoms with E-state index in [1.54, 1.807) is 18.6 Å². The number of nitrogens with zero attached hydrogens (tertiary/aromatic N) is 4. The van der Waals surface area contributed by atoms with E-state index in [9.17, 15) is 9.90 Å². The second kappa shape index (κ2) is 9.20. The molecule has 1 saturated heterocycles. The van der Waals surface area contributed by atoms with E-state index in [-0.39, 0.29) is 11.7 Å². The number of aromatic nitrogens is 3. The summed E-state index contributed by atoms with van der Waals surface area (Å²) in [6, 6.07) is 8.14. The van der Waals surface area contributed by atoms with Crippen LogP contribution in [0.3, 0.4) is 0 Å². The SMILES string of the molecule is CC(C)(O)CN1CCCC(C(=O)Cc2cc3cc(-c4cnccn4)ccc3cn2)CC1. The van der Waals surface area contributed by atoms with Crippen LogP contribution in [0.15, 0.2) is 49.1 Å². The first-order valence-corrected chi connectivity index (χ1v) is 11.0. The monoisotopic (exact) mass is 418 g/mol. The lowest BCUT2D eigenvalue weighted by Crippen LogP contribution is -2.39. The maximum atomic E-state index is 13.0. The van der Waals surface area contributed by atoms with Crippen LogP contribution >= 0.6 is 0 Å². The van der Waals surface area contributed by atoms with Gasteiger partial charge >= 0.3 is 0 Å². The minimum absolute atomic E-state index is 0.0650. The minimum Gasteiger partial charge on any atom is -0.389 e. The Labute approximate surface area is 183 Å². The fourth-order valence-electron chi connectivity index (χ4n) is 4.40. The molecule has 0 spiro atoms. The first-order valence-electron chi connectivity index (χ1n) is 11.0. The van der Waals surface area contributed by atoms with E-state index in [0.29, 0.717) is 13.0 Å². The Morgan fingerprint density at radius 2 is 1.97 bits per heavy atom. The third kappa shape index (κ3) is 5.71. The smallest absolute Gasteiger partial charge is 0.141 e. The molecule has 1 aliphatic heterocycles. The highest BCUT2D eigenvalue weighted by molar-refractivity contribution is 5.88. The summed E-state index contributed by atoms with van der Waals surface area (Å²) < 4.78 is 0. The molecule has 1 aromatic carbocycles. The molecule has 0 aliphatic carbocycles. The summed E-state index contributed by atoms with van der Waals surface area (Å²) in [6.45, 7) is 6.11. The van der Waals surface area contributed by atoms with Crippen LogP contribution < -0.4 is 0 Å². The molecule has 3 heterocycles. The highest BCUT2D eigenvalue weighted by Crippen LogP contribution is 2.25. The third-order valence-electron chi connectivity index (χ3n) is 5.88. The zero-order valence-corrected chi connectivity index (χ0v) is 18.3. The number of carbonyl (C=O) groups excluding carboxylic acids is 1. The Bertz CT molecular complexity index is 1050. The molecule has 4 rings (SSSR count). The Morgan fingerprint density at radius 3 is 2.74 bits per heavy atom. The number of β-amino-alcohol motifs (C(OH)–C–C–N with tert-alkyl or cyclic N) is 1. The first kappa shape index (κ1) is 21.5. The predicted octanol–water partition coefficient (Wildman–Crippen LogP) is 3.68. The molecular weight excluding hydrogens is 388 g/mol. The normalized spacial score (nSPS) is 18.1. The molecule has 0 radical (unpaired) electrons. The Balaban J connectivity index is 1.44. The number of pyridine rings is 1. The summed E-state index contributed by atoms with van der Waals surface area (Å²) in [6.07, 6.45) is 10.0. The molecule has 1 atom stereocenters. The number of Topliss-reactive ketones (excluding diaryl/α,β-unsaturated/α-hetero) is 1. The number of benzene rings is 1. The molecular formula is C25H30N4O2. The van der Waals surface area contributed by atoms with Crippen molar-refractivity contribution < 1.29 is 9.90 Å². The van der Waals surface area contributed by atoms with E-state index in [1.165, 1.54) is 0 Å². The summed E-state index contributed by atoms with van der Waals surface area (Å²) in [4.78, 5) is 28.3. The van der Waals surface area contributed by atoms with Crippen LogP contribution in [-0.2, 0) is 11.2 Å². The Kier molecular flexibility index (Phi) is 6.39. The molecule has 1 aliphatic rings. The van der Waals surface area contributed by atoms with Gasteiger partial charge in [-0.25, -0.2) is 0 Å². The number of ketones is 1. The second-order valence-corrected chi connectivity index (χ2v) is 9.19. The number of rotatable bonds is 6. The predicted molar refractivity (Wildman–Crippen MR) is 122 cm³/mol. The van der Waals surface area contributed by atoms with Crippen LogP contribution in [0.2, 0.25) is 0 Å². The van der Waals surface area contributed by atoms with Crippen molar-refractivity contribution in [3.8, 4) is 11.3 Å². The van der Waals surface area contributed by atoms with Gasteiger partial charge in [-0.3, -0.25) is 19.7 Å². The van der Waals surface area contributed by atoms with Crippen molar-refractivity contribution >= 4 is 16.6 Å². The maximum absolute atomic E-state index is 13.0. The maximum Gasteiger partial charge on any atom is 0.141 e. The van der Waals surface area contributed by atoms with Gasteiger partial charge in [-0.1, -0.05) is 12.1 Å². The van der Waals surface area contributed by atoms with Crippen molar-refractivity contribution in [2.75, 3.05) is 19.6 Å². The molecule has 0 saturated carbocycles. The van der Waals surface area contributed by atoms with Crippen LogP contribution in [-0.4, -0.2) is 56.0 Å². The second-order valence-electron chi connectivity index (χ2n) is 9.19. The molecule has 6 nitrogen and oxygen atoms in total. The lowest BCUT2D eigenvalue weighted by Gasteiger charge is -2.27. The van der Waals surface area contributed by atoms with Crippen molar-refractivity contribution in [1.82, 2.24) is 19.9 Å². The topological polar surface area (TPSA) is 79.2 Å². The van der Waals surface area contributed by atoms with Crippen molar-refractivity contribution in [2.24, 2.45) is 5.92 Å². The third-order valence-corrected chi connectivity index (χ3v) is 5.88. The van der Waals surface area contributed by atoms with Gasteiger partial charge in [0.2, 0.25) is 0 Å². The molecule has 1 N–H and O–H groups in total. The van der Waals surface area contributed by atoms with Crippen molar-refractivity contribution in [1.29, 1.82) is 0 Å². The summed E-state index contributed by atoms with van der Waals surface area (Å²) >= 11 is 0. The average Bonchev–Trinajstić information content (AvgIpc) is 2.98. The van der Waals surface area contributed by atoms with Gasteiger partial charge in [-0.15, -0.1) is 0 Å². The molecule has 1 unspecified atom stereocenters. The van der Waals surface area contributed by atoms with Gasteiger partial charge < -0.3 is 10.0 Å². The van der Waals surface area contributed by atoms with Gasteiger partial charge in [0.05, 0.1) is 17.5 Å². The van der Waals surface area contributed by atoms with E-state index in [1.807, 2.05) is 38.2 Å². The lowest BCUT2D eigenvalue weighted by molar-refractivity contribution is -0.122. The highest BCUT2D eigenvalue weighted by Gasteiger charge is 2.26. The van der Waals surface area contributed by atoms with E-state index < -0.39 is 5.60 Å². The largest absolute Gasteiger partial charge is 0.389 e. The molecule has 2 aromatic heterocycles. The van der Waals surface area contributed by atoms with Crippen LogP contribution in [0.1, 0.15) is 38.8 Å². The number of hydrogen-bond acceptors (Lipinski definition) is 6. The summed E-state index contributed by atoms with van der Waals surface area (Å²) in [7, 11) is 0. The molecule has 6 heteroatoms. The van der Waals surface area contributed by atoms with Crippen molar-refractivity contribution in [3.05, 3.63) is 54.7 Å². The first-order chi connectivity index (χ1) is 14.9. The minimum atomic E-state index is -0.705. The van der Waals surface area contributed by atoms with Crippen molar-refractivity contribution in [3.63, 3.8) is 0 Å². The van der Waals surface area contributed by atoms with E-state index in [0.717, 1.165) is 60.1 Å². The molecule has 0 amide bonds. The van der Waals surface area contributed by atoms with Crippen LogP contribution in [0.25, 0.3) is 22.0 Å². The standard InChI is InChI=1S/C25H30N4O2/c1-25(2,31)17-29-10-3-4-18(7-11-29)24(30)14-22-13-21-12-19(5-6-20(21)15-28-22)23-16-26-8-9-27-23/h5-6,8-9,12-13,15-16,18,31H,3-4,7,10-11,14,17H2,1-2H3. The number of fused-ring (bicyclic) bond motifs is 1. The number of carbonyl (C=O) groups is 1. The summed E-state index contributed by atoms with van der Waals surface area (Å²) in [5.41, 5.74) is 1.93. The van der Waals surface area contributed by atoms with Gasteiger partial charge in [0.25, 0.3) is 0 Å². The molecule has 0 bridgehead atoms. The fraction of sp³-hybridized carbons (Fsp3) is 0.440. The molecule has 162 valence electrons. The molecule has 3 aromatic rings. The van der Waals surface area contributed by atoms with E-state index in [4.69, 9.17) is 0 Å². The Hall–Kier alpha value is -2.70. The number of aliphatic hydroxyl groups is 1. The van der Waals surface area contributed by atoms with Gasteiger partial charge in [-0.2, -0.15) is 0 Å². The van der Waals surface area contributed by atoms with E-state index in [2.05, 4.69) is 25.9 Å².